The lowest BCUT2D eigenvalue weighted by atomic mass is 10.1. The van der Waals surface area contributed by atoms with Gasteiger partial charge in [0.15, 0.2) is 0 Å². The smallest absolute Gasteiger partial charge is 0.410 e. The predicted molar refractivity (Wildman–Crippen MR) is 114 cm³/mol. The molecule has 5 nitrogen and oxygen atoms in total. The zero-order valence-electron chi connectivity index (χ0n) is 16.3. The Morgan fingerprint density at radius 2 is 1.96 bits per heavy atom. The van der Waals surface area contributed by atoms with Crippen LogP contribution in [0.25, 0.3) is 0 Å². The molecule has 0 aromatic heterocycles. The number of ether oxygens (including phenoxy) is 1. The summed E-state index contributed by atoms with van der Waals surface area (Å²) in [4.78, 5) is 26.1. The van der Waals surface area contributed by atoms with E-state index in [-0.39, 0.29) is 36.4 Å². The van der Waals surface area contributed by atoms with E-state index in [1.54, 1.807) is 23.1 Å². The number of hydrogen-bond donors (Lipinski definition) is 1. The summed E-state index contributed by atoms with van der Waals surface area (Å²) in [6, 6.07) is 4.80. The lowest BCUT2D eigenvalue weighted by Crippen LogP contribution is -2.39. The fourth-order valence-electron chi connectivity index (χ4n) is 2.60. The maximum absolute atomic E-state index is 12.4. The van der Waals surface area contributed by atoms with E-state index in [0.29, 0.717) is 29.6 Å². The first-order valence-electron chi connectivity index (χ1n) is 8.80. The number of halogens is 3. The van der Waals surface area contributed by atoms with Gasteiger partial charge in [0.2, 0.25) is 5.91 Å². The Bertz CT molecular complexity index is 781. The maximum Gasteiger partial charge on any atom is 0.410 e. The minimum Gasteiger partial charge on any atom is -0.444 e. The highest BCUT2D eigenvalue weighted by Crippen LogP contribution is 2.22. The molecule has 154 valence electrons. The van der Waals surface area contributed by atoms with Crippen LogP contribution in [0.1, 0.15) is 39.7 Å². The van der Waals surface area contributed by atoms with Crippen molar-refractivity contribution in [3.8, 4) is 11.8 Å². The van der Waals surface area contributed by atoms with Crippen LogP contribution < -0.4 is 5.32 Å². The van der Waals surface area contributed by atoms with Crippen LogP contribution in [-0.2, 0) is 9.53 Å². The van der Waals surface area contributed by atoms with Crippen LogP contribution >= 0.6 is 35.6 Å². The number of hydrogen-bond acceptors (Lipinski definition) is 3. The lowest BCUT2D eigenvalue weighted by Gasteiger charge is -2.24. The summed E-state index contributed by atoms with van der Waals surface area (Å²) in [5.74, 6) is 5.57. The molecule has 0 spiro atoms. The molecule has 8 heteroatoms. The van der Waals surface area contributed by atoms with Crippen LogP contribution in [0.3, 0.4) is 0 Å². The average Bonchev–Trinajstić information content (AvgIpc) is 3.05. The van der Waals surface area contributed by atoms with E-state index in [9.17, 15) is 9.59 Å². The van der Waals surface area contributed by atoms with Crippen LogP contribution in [0.5, 0.6) is 0 Å². The molecule has 2 amide bonds. The summed E-state index contributed by atoms with van der Waals surface area (Å²) in [7, 11) is 0. The normalized spacial score (nSPS) is 17.1. The number of nitrogens with one attached hydrogen (secondary N) is 1. The van der Waals surface area contributed by atoms with Crippen molar-refractivity contribution in [3.05, 3.63) is 33.8 Å². The van der Waals surface area contributed by atoms with E-state index in [1.807, 2.05) is 27.7 Å². The van der Waals surface area contributed by atoms with Gasteiger partial charge in [-0.15, -0.1) is 12.4 Å². The second kappa shape index (κ2) is 10.2. The monoisotopic (exact) mass is 446 g/mol. The minimum absolute atomic E-state index is 0. The minimum atomic E-state index is -0.550. The van der Waals surface area contributed by atoms with Gasteiger partial charge in [0.25, 0.3) is 0 Å². The molecule has 1 aromatic carbocycles. The van der Waals surface area contributed by atoms with Crippen molar-refractivity contribution in [2.75, 3.05) is 13.1 Å². The van der Waals surface area contributed by atoms with E-state index in [0.717, 1.165) is 5.56 Å². The molecule has 1 aliphatic rings. The van der Waals surface area contributed by atoms with Crippen molar-refractivity contribution in [1.29, 1.82) is 0 Å². The fraction of sp³-hybridized carbons (Fsp3) is 0.500. The first kappa shape index (κ1) is 24.4. The first-order valence-corrected chi connectivity index (χ1v) is 9.55. The zero-order chi connectivity index (χ0) is 20.2. The molecule has 1 N–H and O–H groups in total. The topological polar surface area (TPSA) is 58.6 Å². The van der Waals surface area contributed by atoms with Crippen molar-refractivity contribution >= 4 is 47.6 Å². The SMILES string of the molecule is CC(C#Cc1ccc(Cl)c(Cl)c1)NC(=O)C1CCN(C(=O)OC(C)(C)C)C1.Cl. The Morgan fingerprint density at radius 1 is 1.29 bits per heavy atom. The maximum atomic E-state index is 12.4. The Kier molecular flexibility index (Phi) is 8.94. The van der Waals surface area contributed by atoms with Crippen LogP contribution in [0.15, 0.2) is 18.2 Å². The number of amides is 2. The van der Waals surface area contributed by atoms with Gasteiger partial charge in [0, 0.05) is 18.7 Å². The highest BCUT2D eigenvalue weighted by atomic mass is 35.5. The van der Waals surface area contributed by atoms with Gasteiger partial charge in [-0.3, -0.25) is 4.79 Å². The van der Waals surface area contributed by atoms with Crippen LogP contribution in [0, 0.1) is 17.8 Å². The number of carbonyl (C=O) groups is 2. The summed E-state index contributed by atoms with van der Waals surface area (Å²) in [5.41, 5.74) is 0.175. The molecule has 1 aromatic rings. The van der Waals surface area contributed by atoms with E-state index < -0.39 is 5.60 Å². The Hall–Kier alpha value is -1.61. The molecule has 2 unspecified atom stereocenters. The summed E-state index contributed by atoms with van der Waals surface area (Å²) < 4.78 is 5.35. The van der Waals surface area contributed by atoms with Crippen molar-refractivity contribution in [3.63, 3.8) is 0 Å². The van der Waals surface area contributed by atoms with E-state index in [2.05, 4.69) is 17.2 Å². The van der Waals surface area contributed by atoms with E-state index in [1.165, 1.54) is 0 Å². The molecule has 0 aliphatic carbocycles. The van der Waals surface area contributed by atoms with Crippen molar-refractivity contribution < 1.29 is 14.3 Å². The molecule has 1 heterocycles. The summed E-state index contributed by atoms with van der Waals surface area (Å²) in [5, 5.41) is 3.79. The molecule has 1 saturated heterocycles. The Labute approximate surface area is 182 Å². The zero-order valence-corrected chi connectivity index (χ0v) is 18.7. The summed E-state index contributed by atoms with van der Waals surface area (Å²) in [6.45, 7) is 8.13. The van der Waals surface area contributed by atoms with Gasteiger partial charge >= 0.3 is 6.09 Å². The molecular formula is C20H25Cl3N2O3. The third-order valence-electron chi connectivity index (χ3n) is 3.92. The Morgan fingerprint density at radius 3 is 2.57 bits per heavy atom. The van der Waals surface area contributed by atoms with Gasteiger partial charge in [-0.25, -0.2) is 4.79 Å². The largest absolute Gasteiger partial charge is 0.444 e. The molecule has 0 bridgehead atoms. The second-order valence-corrected chi connectivity index (χ2v) is 8.35. The van der Waals surface area contributed by atoms with Gasteiger partial charge in [-0.1, -0.05) is 35.0 Å². The quantitative estimate of drug-likeness (QED) is 0.678. The molecule has 2 atom stereocenters. The van der Waals surface area contributed by atoms with Gasteiger partial charge in [-0.2, -0.15) is 0 Å². The third kappa shape index (κ3) is 7.43. The van der Waals surface area contributed by atoms with Crippen molar-refractivity contribution in [2.24, 2.45) is 5.92 Å². The lowest BCUT2D eigenvalue weighted by molar-refractivity contribution is -0.124. The number of benzene rings is 1. The average molecular weight is 448 g/mol. The molecule has 0 saturated carbocycles. The van der Waals surface area contributed by atoms with Gasteiger partial charge in [-0.05, 0) is 52.3 Å². The summed E-state index contributed by atoms with van der Waals surface area (Å²) >= 11 is 11.8. The number of rotatable bonds is 2. The highest BCUT2D eigenvalue weighted by Gasteiger charge is 2.33. The molecular weight excluding hydrogens is 423 g/mol. The molecule has 28 heavy (non-hydrogen) atoms. The second-order valence-electron chi connectivity index (χ2n) is 7.54. The third-order valence-corrected chi connectivity index (χ3v) is 4.66. The standard InChI is InChI=1S/C20H24Cl2N2O3.ClH/c1-13(5-6-14-7-8-16(21)17(22)11-14)23-18(25)15-9-10-24(12-15)19(26)27-20(2,3)4;/h7-8,11,13,15H,9-10,12H2,1-4H3,(H,23,25);1H. The van der Waals surface area contributed by atoms with Gasteiger partial charge in [0.1, 0.15) is 5.60 Å². The van der Waals surface area contributed by atoms with E-state index >= 15 is 0 Å². The molecule has 1 aliphatic heterocycles. The molecule has 2 rings (SSSR count). The first-order chi connectivity index (χ1) is 12.5. The van der Waals surface area contributed by atoms with Crippen LogP contribution in [-0.4, -0.2) is 41.6 Å². The van der Waals surface area contributed by atoms with Crippen molar-refractivity contribution in [1.82, 2.24) is 10.2 Å². The van der Waals surface area contributed by atoms with Gasteiger partial charge in [0.05, 0.1) is 22.0 Å². The van der Waals surface area contributed by atoms with Crippen LogP contribution in [0.4, 0.5) is 4.79 Å². The number of nitrogens with zero attached hydrogens (tertiary/aromatic N) is 1. The van der Waals surface area contributed by atoms with Gasteiger partial charge < -0.3 is 15.0 Å². The van der Waals surface area contributed by atoms with E-state index in [4.69, 9.17) is 27.9 Å². The fourth-order valence-corrected chi connectivity index (χ4v) is 2.90. The number of likely N-dealkylation sites (tertiary alicyclic amines) is 1. The predicted octanol–water partition coefficient (Wildman–Crippen LogP) is 4.53. The Balaban J connectivity index is 0.00000392. The van der Waals surface area contributed by atoms with Crippen molar-refractivity contribution in [2.45, 2.75) is 45.8 Å². The van der Waals surface area contributed by atoms with Crippen LogP contribution in [0.2, 0.25) is 10.0 Å². The molecule has 0 radical (unpaired) electrons. The summed E-state index contributed by atoms with van der Waals surface area (Å²) in [6.07, 6.45) is 0.225. The number of carbonyl (C=O) groups excluding carboxylic acids is 2. The highest BCUT2D eigenvalue weighted by molar-refractivity contribution is 6.42. The molecule has 1 fully saturated rings.